The maximum atomic E-state index is 12.8. The maximum absolute atomic E-state index is 12.8. The molecule has 1 aromatic carbocycles. The lowest BCUT2D eigenvalue weighted by Gasteiger charge is -2.17. The Morgan fingerprint density at radius 3 is 2.68 bits per heavy atom. The number of aryl methyl sites for hydroxylation is 1. The first-order chi connectivity index (χ1) is 11.9. The van der Waals surface area contributed by atoms with Gasteiger partial charge in [0.15, 0.2) is 9.86 Å². The molecular weight excluding hydrogens is 358 g/mol. The molecule has 1 N–H and O–H groups in total. The highest BCUT2D eigenvalue weighted by Crippen LogP contribution is 2.15. The average Bonchev–Trinajstić information content (AvgIpc) is 3.03. The van der Waals surface area contributed by atoms with E-state index in [-0.39, 0.29) is 16.6 Å². The van der Waals surface area contributed by atoms with Crippen molar-refractivity contribution in [3.05, 3.63) is 63.5 Å². The fourth-order valence-electron chi connectivity index (χ4n) is 2.72. The normalized spacial score (nSPS) is 13.2. The van der Waals surface area contributed by atoms with Crippen molar-refractivity contribution in [2.75, 3.05) is 0 Å². The minimum atomic E-state index is -3.96. The zero-order valence-corrected chi connectivity index (χ0v) is 15.6. The van der Waals surface area contributed by atoms with Gasteiger partial charge in [-0.05, 0) is 25.3 Å². The van der Waals surface area contributed by atoms with Gasteiger partial charge in [-0.3, -0.25) is 9.20 Å². The largest absolute Gasteiger partial charge is 0.279 e. The number of nitrogens with one attached hydrogen (secondary N) is 1. The molecule has 6 nitrogen and oxygen atoms in total. The summed E-state index contributed by atoms with van der Waals surface area (Å²) >= 11 is 1.29. The fraction of sp³-hybridized carbons (Fsp3) is 0.294. The summed E-state index contributed by atoms with van der Waals surface area (Å²) in [5.74, 6) is 0. The summed E-state index contributed by atoms with van der Waals surface area (Å²) in [6.45, 7) is 3.46. The van der Waals surface area contributed by atoms with Crippen molar-refractivity contribution < 1.29 is 8.42 Å². The quantitative estimate of drug-likeness (QED) is 0.715. The summed E-state index contributed by atoms with van der Waals surface area (Å²) < 4.78 is 29.6. The van der Waals surface area contributed by atoms with Crippen molar-refractivity contribution in [2.45, 2.75) is 37.6 Å². The monoisotopic (exact) mass is 377 g/mol. The van der Waals surface area contributed by atoms with Crippen molar-refractivity contribution in [3.63, 3.8) is 0 Å². The first-order valence-electron chi connectivity index (χ1n) is 7.95. The number of thiazole rings is 1. The van der Waals surface area contributed by atoms with Crippen LogP contribution >= 0.6 is 11.3 Å². The van der Waals surface area contributed by atoms with Crippen LogP contribution in [0.15, 0.2) is 51.6 Å². The molecule has 0 amide bonds. The molecule has 0 unspecified atom stereocenters. The molecule has 0 spiro atoms. The Hall–Kier alpha value is -2.03. The highest BCUT2D eigenvalue weighted by atomic mass is 32.2. The second kappa shape index (κ2) is 7.07. The Morgan fingerprint density at radius 2 is 2.00 bits per heavy atom. The van der Waals surface area contributed by atoms with Crippen LogP contribution in [-0.4, -0.2) is 23.8 Å². The van der Waals surface area contributed by atoms with E-state index >= 15 is 0 Å². The van der Waals surface area contributed by atoms with Crippen LogP contribution in [-0.2, 0) is 16.4 Å². The predicted octanol–water partition coefficient (Wildman–Crippen LogP) is 2.36. The SMILES string of the molecule is CC[C@H](Cc1ccccc1)NS(=O)(=O)c1c(C)nc2sccn2c1=O. The molecular formula is C17H19N3O3S2. The number of hydrogen-bond donors (Lipinski definition) is 1. The van der Waals surface area contributed by atoms with E-state index in [1.54, 1.807) is 12.3 Å². The van der Waals surface area contributed by atoms with E-state index in [1.165, 1.54) is 21.9 Å². The minimum absolute atomic E-state index is 0.217. The van der Waals surface area contributed by atoms with Crippen LogP contribution in [0.3, 0.4) is 0 Å². The van der Waals surface area contributed by atoms with Crippen LogP contribution in [0.2, 0.25) is 0 Å². The predicted molar refractivity (Wildman–Crippen MR) is 98.6 cm³/mol. The van der Waals surface area contributed by atoms with E-state index in [2.05, 4.69) is 9.71 Å². The number of hydrogen-bond acceptors (Lipinski definition) is 5. The van der Waals surface area contributed by atoms with E-state index in [1.807, 2.05) is 37.3 Å². The van der Waals surface area contributed by atoms with Gasteiger partial charge in [-0.15, -0.1) is 11.3 Å². The smallest absolute Gasteiger partial charge is 0.267 e. The highest BCUT2D eigenvalue weighted by Gasteiger charge is 2.26. The van der Waals surface area contributed by atoms with Gasteiger partial charge in [0, 0.05) is 17.6 Å². The molecule has 132 valence electrons. The lowest BCUT2D eigenvalue weighted by atomic mass is 10.1. The number of benzene rings is 1. The number of nitrogens with zero attached hydrogens (tertiary/aromatic N) is 2. The molecule has 1 atom stereocenters. The molecule has 0 bridgehead atoms. The Balaban J connectivity index is 1.94. The van der Waals surface area contributed by atoms with Gasteiger partial charge in [0.1, 0.15) is 0 Å². The minimum Gasteiger partial charge on any atom is -0.267 e. The van der Waals surface area contributed by atoms with Crippen molar-refractivity contribution in [3.8, 4) is 0 Å². The van der Waals surface area contributed by atoms with Gasteiger partial charge in [0.05, 0.1) is 5.69 Å². The molecule has 3 aromatic rings. The van der Waals surface area contributed by atoms with Gasteiger partial charge in [0.2, 0.25) is 10.0 Å². The van der Waals surface area contributed by atoms with Gasteiger partial charge in [-0.1, -0.05) is 37.3 Å². The lowest BCUT2D eigenvalue weighted by Crippen LogP contribution is -2.39. The summed E-state index contributed by atoms with van der Waals surface area (Å²) in [6.07, 6.45) is 2.71. The standard InChI is InChI=1S/C17H19N3O3S2/c1-3-14(11-13-7-5-4-6-8-13)19-25(22,23)15-12(2)18-17-20(16(15)21)9-10-24-17/h4-10,14,19H,3,11H2,1-2H3/t14-/m1/s1. The third-order valence-electron chi connectivity index (χ3n) is 4.00. The molecule has 8 heteroatoms. The van der Waals surface area contributed by atoms with E-state index in [0.717, 1.165) is 5.56 Å². The van der Waals surface area contributed by atoms with Crippen molar-refractivity contribution in [1.82, 2.24) is 14.1 Å². The van der Waals surface area contributed by atoms with E-state index < -0.39 is 15.6 Å². The Bertz CT molecular complexity index is 1040. The van der Waals surface area contributed by atoms with Gasteiger partial charge >= 0.3 is 0 Å². The summed E-state index contributed by atoms with van der Waals surface area (Å²) in [7, 11) is -3.96. The van der Waals surface area contributed by atoms with Crippen LogP contribution in [0, 0.1) is 6.92 Å². The van der Waals surface area contributed by atoms with Gasteiger partial charge in [0.25, 0.3) is 5.56 Å². The molecule has 25 heavy (non-hydrogen) atoms. The number of fused-ring (bicyclic) bond motifs is 1. The summed E-state index contributed by atoms with van der Waals surface area (Å²) in [5, 5.41) is 1.71. The molecule has 3 rings (SSSR count). The fourth-order valence-corrected chi connectivity index (χ4v) is 5.04. The first kappa shape index (κ1) is 17.8. The van der Waals surface area contributed by atoms with E-state index in [4.69, 9.17) is 0 Å². The third kappa shape index (κ3) is 3.65. The molecule has 0 fully saturated rings. The highest BCUT2D eigenvalue weighted by molar-refractivity contribution is 7.89. The molecule has 0 aliphatic carbocycles. The second-order valence-corrected chi connectivity index (χ2v) is 8.33. The van der Waals surface area contributed by atoms with E-state index in [0.29, 0.717) is 17.8 Å². The summed E-state index contributed by atoms with van der Waals surface area (Å²) in [4.78, 5) is 17.0. The van der Waals surface area contributed by atoms with Crippen LogP contribution in [0.4, 0.5) is 0 Å². The van der Waals surface area contributed by atoms with Crippen molar-refractivity contribution >= 4 is 26.3 Å². The molecule has 0 saturated heterocycles. The first-order valence-corrected chi connectivity index (χ1v) is 10.3. The Kier molecular flexibility index (Phi) is 5.03. The van der Waals surface area contributed by atoms with Crippen molar-refractivity contribution in [2.24, 2.45) is 0 Å². The third-order valence-corrected chi connectivity index (χ3v) is 6.41. The molecule has 0 aliphatic rings. The maximum Gasteiger partial charge on any atom is 0.279 e. The lowest BCUT2D eigenvalue weighted by molar-refractivity contribution is 0.534. The molecule has 0 radical (unpaired) electrons. The van der Waals surface area contributed by atoms with Crippen molar-refractivity contribution in [1.29, 1.82) is 0 Å². The van der Waals surface area contributed by atoms with Crippen LogP contribution in [0.25, 0.3) is 4.96 Å². The van der Waals surface area contributed by atoms with Gasteiger partial charge < -0.3 is 0 Å². The van der Waals surface area contributed by atoms with Crippen LogP contribution in [0.1, 0.15) is 24.6 Å². The van der Waals surface area contributed by atoms with Crippen LogP contribution < -0.4 is 10.3 Å². The second-order valence-electron chi connectivity index (χ2n) is 5.80. The zero-order valence-electron chi connectivity index (χ0n) is 14.0. The van der Waals surface area contributed by atoms with Crippen LogP contribution in [0.5, 0.6) is 0 Å². The average molecular weight is 377 g/mol. The summed E-state index contributed by atoms with van der Waals surface area (Å²) in [5.41, 5.74) is 0.692. The zero-order chi connectivity index (χ0) is 18.0. The number of aromatic nitrogens is 2. The molecule has 2 aromatic heterocycles. The molecule has 0 saturated carbocycles. The van der Waals surface area contributed by atoms with E-state index in [9.17, 15) is 13.2 Å². The molecule has 0 aliphatic heterocycles. The van der Waals surface area contributed by atoms with Gasteiger partial charge in [-0.25, -0.2) is 18.1 Å². The Labute approximate surface area is 150 Å². The van der Waals surface area contributed by atoms with Gasteiger partial charge in [-0.2, -0.15) is 0 Å². The summed E-state index contributed by atoms with van der Waals surface area (Å²) in [6, 6.07) is 9.37. The Morgan fingerprint density at radius 1 is 1.28 bits per heavy atom. The number of sulfonamides is 1. The number of rotatable bonds is 6. The topological polar surface area (TPSA) is 80.5 Å². The molecule has 2 heterocycles.